The number of benzene rings is 1. The van der Waals surface area contributed by atoms with Crippen LogP contribution < -0.4 is 10.5 Å². The first-order valence-corrected chi connectivity index (χ1v) is 11.4. The summed E-state index contributed by atoms with van der Waals surface area (Å²) >= 11 is 0. The van der Waals surface area contributed by atoms with Crippen molar-refractivity contribution in [1.82, 2.24) is 24.5 Å². The third kappa shape index (κ3) is 4.05. The Morgan fingerprint density at radius 2 is 1.97 bits per heavy atom. The zero-order valence-corrected chi connectivity index (χ0v) is 19.2. The van der Waals surface area contributed by atoms with Crippen molar-refractivity contribution < 1.29 is 9.13 Å². The van der Waals surface area contributed by atoms with E-state index in [9.17, 15) is 4.39 Å². The van der Waals surface area contributed by atoms with Gasteiger partial charge in [-0.05, 0) is 51.0 Å². The third-order valence-electron chi connectivity index (χ3n) is 6.41. The van der Waals surface area contributed by atoms with Crippen LogP contribution in [0.15, 0.2) is 48.7 Å². The lowest BCUT2D eigenvalue weighted by Crippen LogP contribution is -2.45. The minimum atomic E-state index is -0.745. The molecule has 7 nitrogen and oxygen atoms in total. The summed E-state index contributed by atoms with van der Waals surface area (Å²) in [5.74, 6) is 1.42. The third-order valence-corrected chi connectivity index (χ3v) is 6.41. The molecule has 0 unspecified atom stereocenters. The number of fused-ring (bicyclic) bond motifs is 2. The van der Waals surface area contributed by atoms with Crippen LogP contribution in [0.2, 0.25) is 0 Å². The molecule has 1 aliphatic heterocycles. The van der Waals surface area contributed by atoms with Gasteiger partial charge in [-0.25, -0.2) is 9.37 Å². The number of ether oxygens (including phenoxy) is 1. The molecule has 1 aliphatic rings. The van der Waals surface area contributed by atoms with E-state index in [0.29, 0.717) is 18.8 Å². The molecule has 3 aromatic heterocycles. The van der Waals surface area contributed by atoms with Crippen LogP contribution in [0.25, 0.3) is 28.1 Å². The standard InChI is InChI=1S/C25H29FN6O/c1-16(2)33-21-6-4-5-18-7-9-20(28-23(18)21)24-30-29-22-10-8-19(13-32(22)24)17(3)31-12-11-25(27,14-26)15-31/h4-10,13,16-17H,11-12,14-15,27H2,1-3H3/t17-,25+/m0/s1. The van der Waals surface area contributed by atoms with Gasteiger partial charge in [0.15, 0.2) is 11.5 Å². The van der Waals surface area contributed by atoms with E-state index in [4.69, 9.17) is 15.5 Å². The lowest BCUT2D eigenvalue weighted by Gasteiger charge is -2.26. The average molecular weight is 449 g/mol. The molecule has 0 spiro atoms. The fourth-order valence-corrected chi connectivity index (χ4v) is 4.50. The SMILES string of the molecule is CC(C)Oc1cccc2ccc(-c3nnc4ccc([C@H](C)N5CC[C@@](N)(CF)C5)cn34)nc12. The zero-order valence-electron chi connectivity index (χ0n) is 19.2. The lowest BCUT2D eigenvalue weighted by atomic mass is 10.0. The van der Waals surface area contributed by atoms with Gasteiger partial charge in [-0.2, -0.15) is 0 Å². The van der Waals surface area contributed by atoms with Gasteiger partial charge < -0.3 is 10.5 Å². The largest absolute Gasteiger partial charge is 0.489 e. The summed E-state index contributed by atoms with van der Waals surface area (Å²) in [4.78, 5) is 7.12. The number of pyridine rings is 2. The van der Waals surface area contributed by atoms with Gasteiger partial charge in [0.2, 0.25) is 0 Å². The van der Waals surface area contributed by atoms with Crippen molar-refractivity contribution in [2.45, 2.75) is 44.9 Å². The molecule has 4 aromatic rings. The fourth-order valence-electron chi connectivity index (χ4n) is 4.50. The first-order chi connectivity index (χ1) is 15.9. The molecule has 2 N–H and O–H groups in total. The van der Waals surface area contributed by atoms with Crippen LogP contribution in [0.4, 0.5) is 4.39 Å². The van der Waals surface area contributed by atoms with Gasteiger partial charge in [-0.1, -0.05) is 24.3 Å². The molecule has 0 amide bonds. The molecule has 0 bridgehead atoms. The predicted octanol–water partition coefficient (Wildman–Crippen LogP) is 4.17. The van der Waals surface area contributed by atoms with E-state index < -0.39 is 12.2 Å². The molecular weight excluding hydrogens is 419 g/mol. The number of rotatable bonds is 6. The number of likely N-dealkylation sites (tertiary alicyclic amines) is 1. The number of hydrogen-bond donors (Lipinski definition) is 1. The Morgan fingerprint density at radius 1 is 1.12 bits per heavy atom. The maximum absolute atomic E-state index is 13.4. The fraction of sp³-hybridized carbons (Fsp3) is 0.400. The van der Waals surface area contributed by atoms with Crippen molar-refractivity contribution >= 4 is 16.6 Å². The summed E-state index contributed by atoms with van der Waals surface area (Å²) in [6, 6.07) is 14.0. The Balaban J connectivity index is 1.52. The molecule has 0 radical (unpaired) electrons. The smallest absolute Gasteiger partial charge is 0.187 e. The highest BCUT2D eigenvalue weighted by Gasteiger charge is 2.36. The summed E-state index contributed by atoms with van der Waals surface area (Å²) in [5, 5.41) is 9.77. The number of halogens is 1. The van der Waals surface area contributed by atoms with Gasteiger partial charge in [0.25, 0.3) is 0 Å². The molecular formula is C25H29FN6O. The highest BCUT2D eigenvalue weighted by molar-refractivity contribution is 5.86. The van der Waals surface area contributed by atoms with E-state index >= 15 is 0 Å². The molecule has 33 heavy (non-hydrogen) atoms. The first-order valence-electron chi connectivity index (χ1n) is 11.4. The number of para-hydroxylation sites is 1. The van der Waals surface area contributed by atoms with E-state index in [0.717, 1.165) is 40.1 Å². The van der Waals surface area contributed by atoms with E-state index in [1.807, 2.05) is 66.9 Å². The van der Waals surface area contributed by atoms with E-state index in [-0.39, 0.29) is 12.1 Å². The van der Waals surface area contributed by atoms with Gasteiger partial charge in [0, 0.05) is 30.7 Å². The van der Waals surface area contributed by atoms with Crippen molar-refractivity contribution in [3.05, 3.63) is 54.2 Å². The second-order valence-electron chi connectivity index (χ2n) is 9.30. The Morgan fingerprint density at radius 3 is 2.73 bits per heavy atom. The quantitative estimate of drug-likeness (QED) is 0.477. The number of nitrogens with zero attached hydrogens (tertiary/aromatic N) is 5. The monoisotopic (exact) mass is 448 g/mol. The number of alkyl halides is 1. The Hall–Kier alpha value is -3.10. The molecule has 0 aliphatic carbocycles. The molecule has 0 saturated carbocycles. The van der Waals surface area contributed by atoms with E-state index in [1.165, 1.54) is 0 Å². The molecule has 5 rings (SSSR count). The topological polar surface area (TPSA) is 81.6 Å². The van der Waals surface area contributed by atoms with Crippen molar-refractivity contribution in [3.8, 4) is 17.3 Å². The molecule has 172 valence electrons. The van der Waals surface area contributed by atoms with Gasteiger partial charge in [-0.3, -0.25) is 9.30 Å². The minimum Gasteiger partial charge on any atom is -0.489 e. The number of hydrogen-bond acceptors (Lipinski definition) is 6. The second kappa shape index (κ2) is 8.35. The first kappa shape index (κ1) is 21.7. The van der Waals surface area contributed by atoms with Crippen molar-refractivity contribution in [1.29, 1.82) is 0 Å². The predicted molar refractivity (Wildman–Crippen MR) is 127 cm³/mol. The molecule has 1 aromatic carbocycles. The summed E-state index contributed by atoms with van der Waals surface area (Å²) in [7, 11) is 0. The Kier molecular flexibility index (Phi) is 5.50. The summed E-state index contributed by atoms with van der Waals surface area (Å²) in [6.45, 7) is 6.95. The van der Waals surface area contributed by atoms with E-state index in [2.05, 4.69) is 22.0 Å². The van der Waals surface area contributed by atoms with Crippen LogP contribution in [0.3, 0.4) is 0 Å². The van der Waals surface area contributed by atoms with Gasteiger partial charge in [-0.15, -0.1) is 10.2 Å². The number of nitrogens with two attached hydrogens (primary N) is 1. The highest BCUT2D eigenvalue weighted by Crippen LogP contribution is 2.31. The summed E-state index contributed by atoms with van der Waals surface area (Å²) < 4.78 is 21.3. The summed E-state index contributed by atoms with van der Waals surface area (Å²) in [6.07, 6.45) is 2.76. The average Bonchev–Trinajstić information content (AvgIpc) is 3.42. The summed E-state index contributed by atoms with van der Waals surface area (Å²) in [5.41, 5.74) is 8.78. The van der Waals surface area contributed by atoms with Crippen molar-refractivity contribution in [3.63, 3.8) is 0 Å². The van der Waals surface area contributed by atoms with Crippen molar-refractivity contribution in [2.24, 2.45) is 5.73 Å². The molecule has 8 heteroatoms. The Labute approximate surface area is 192 Å². The molecule has 1 fully saturated rings. The molecule has 1 saturated heterocycles. The maximum Gasteiger partial charge on any atom is 0.187 e. The second-order valence-corrected chi connectivity index (χ2v) is 9.30. The van der Waals surface area contributed by atoms with Crippen LogP contribution in [-0.4, -0.2) is 55.9 Å². The molecule has 4 heterocycles. The molecule has 2 atom stereocenters. The van der Waals surface area contributed by atoms with Crippen LogP contribution >= 0.6 is 0 Å². The van der Waals surface area contributed by atoms with Crippen LogP contribution in [0.5, 0.6) is 5.75 Å². The van der Waals surface area contributed by atoms with Crippen LogP contribution in [0.1, 0.15) is 38.8 Å². The zero-order chi connectivity index (χ0) is 23.2. The number of aromatic nitrogens is 4. The van der Waals surface area contributed by atoms with E-state index in [1.54, 1.807) is 0 Å². The lowest BCUT2D eigenvalue weighted by molar-refractivity contribution is 0.229. The van der Waals surface area contributed by atoms with Crippen LogP contribution in [0, 0.1) is 0 Å². The van der Waals surface area contributed by atoms with Crippen LogP contribution in [-0.2, 0) is 0 Å². The Bertz CT molecular complexity index is 1300. The van der Waals surface area contributed by atoms with Crippen molar-refractivity contribution in [2.75, 3.05) is 19.8 Å². The van der Waals surface area contributed by atoms with Gasteiger partial charge in [0.05, 0.1) is 11.6 Å². The highest BCUT2D eigenvalue weighted by atomic mass is 19.1. The minimum absolute atomic E-state index is 0.0502. The normalized spacial score (nSPS) is 20.2. The maximum atomic E-state index is 13.4. The van der Waals surface area contributed by atoms with Gasteiger partial charge >= 0.3 is 0 Å². The van der Waals surface area contributed by atoms with Gasteiger partial charge in [0.1, 0.15) is 23.6 Å².